The lowest BCUT2D eigenvalue weighted by molar-refractivity contribution is -0.384. The summed E-state index contributed by atoms with van der Waals surface area (Å²) in [6.45, 7) is 0.180. The molecule has 1 aliphatic carbocycles. The van der Waals surface area contributed by atoms with E-state index in [1.165, 1.54) is 12.1 Å². The van der Waals surface area contributed by atoms with Crippen LogP contribution in [0.1, 0.15) is 23.3 Å². The Hall–Kier alpha value is -2.86. The molecule has 0 spiro atoms. The number of halogens is 1. The van der Waals surface area contributed by atoms with Gasteiger partial charge in [-0.1, -0.05) is 11.6 Å². The van der Waals surface area contributed by atoms with Crippen LogP contribution in [0, 0.1) is 10.1 Å². The van der Waals surface area contributed by atoms with Crippen LogP contribution in [0.4, 0.5) is 5.69 Å². The Morgan fingerprint density at radius 1 is 1.19 bits per heavy atom. The molecule has 1 aliphatic rings. The van der Waals surface area contributed by atoms with Gasteiger partial charge in [0, 0.05) is 30.2 Å². The topological polar surface area (TPSA) is 82.6 Å². The van der Waals surface area contributed by atoms with Crippen LogP contribution in [0.3, 0.4) is 0 Å². The maximum atomic E-state index is 12.6. The normalized spacial score (nSPS) is 13.0. The van der Waals surface area contributed by atoms with Crippen molar-refractivity contribution >= 4 is 28.3 Å². The maximum Gasteiger partial charge on any atom is 0.269 e. The van der Waals surface area contributed by atoms with E-state index in [0.717, 1.165) is 36.1 Å². The lowest BCUT2D eigenvalue weighted by atomic mass is 10.1. The zero-order valence-electron chi connectivity index (χ0n) is 13.7. The molecule has 1 heterocycles. The highest BCUT2D eigenvalue weighted by atomic mass is 35.5. The number of hydrogen-bond donors (Lipinski definition) is 0. The molecule has 1 aromatic heterocycles. The highest BCUT2D eigenvalue weighted by Crippen LogP contribution is 2.32. The molecule has 0 atom stereocenters. The van der Waals surface area contributed by atoms with E-state index in [-0.39, 0.29) is 17.7 Å². The molecular formula is C19H14ClNO5. The Morgan fingerprint density at radius 3 is 2.69 bits per heavy atom. The molecule has 4 rings (SSSR count). The van der Waals surface area contributed by atoms with Gasteiger partial charge < -0.3 is 9.15 Å². The van der Waals surface area contributed by atoms with Gasteiger partial charge in [-0.15, -0.1) is 0 Å². The number of non-ortho nitro benzene ring substituents is 1. The van der Waals surface area contributed by atoms with Crippen LogP contribution in [0.2, 0.25) is 5.02 Å². The SMILES string of the molecule is O=c1c2c(oc3cc(Cl)c(OCc4ccc([N+](=O)[O-])cc4)cc13)CCC2. The molecule has 0 unspecified atom stereocenters. The summed E-state index contributed by atoms with van der Waals surface area (Å²) in [6.07, 6.45) is 2.42. The molecule has 0 aliphatic heterocycles. The smallest absolute Gasteiger partial charge is 0.269 e. The van der Waals surface area contributed by atoms with E-state index in [2.05, 4.69) is 0 Å². The molecule has 0 amide bonds. The van der Waals surface area contributed by atoms with Gasteiger partial charge in [-0.05, 0) is 36.6 Å². The van der Waals surface area contributed by atoms with Crippen LogP contribution in [0.5, 0.6) is 5.75 Å². The maximum absolute atomic E-state index is 12.6. The second-order valence-electron chi connectivity index (χ2n) is 6.18. The predicted octanol–water partition coefficient (Wildman–Crippen LogP) is 4.42. The first kappa shape index (κ1) is 16.6. The molecule has 2 aromatic carbocycles. The first-order chi connectivity index (χ1) is 12.5. The molecule has 26 heavy (non-hydrogen) atoms. The molecule has 0 fully saturated rings. The summed E-state index contributed by atoms with van der Waals surface area (Å²) in [4.78, 5) is 22.9. The van der Waals surface area contributed by atoms with Gasteiger partial charge in [0.05, 0.1) is 15.3 Å². The van der Waals surface area contributed by atoms with Crippen LogP contribution in [0.25, 0.3) is 11.0 Å². The van der Waals surface area contributed by atoms with E-state index >= 15 is 0 Å². The monoisotopic (exact) mass is 371 g/mol. The zero-order valence-corrected chi connectivity index (χ0v) is 14.4. The van der Waals surface area contributed by atoms with Crippen LogP contribution < -0.4 is 10.2 Å². The minimum Gasteiger partial charge on any atom is -0.487 e. The summed E-state index contributed by atoms with van der Waals surface area (Å²) in [6, 6.07) is 9.27. The Bertz CT molecular complexity index is 1070. The van der Waals surface area contributed by atoms with Crippen molar-refractivity contribution in [1.29, 1.82) is 0 Å². The minimum absolute atomic E-state index is 0.0175. The van der Waals surface area contributed by atoms with Gasteiger partial charge >= 0.3 is 0 Å². The van der Waals surface area contributed by atoms with Crippen molar-refractivity contribution in [2.45, 2.75) is 25.9 Å². The van der Waals surface area contributed by atoms with Crippen molar-refractivity contribution in [3.8, 4) is 5.75 Å². The predicted molar refractivity (Wildman–Crippen MR) is 96.9 cm³/mol. The van der Waals surface area contributed by atoms with Gasteiger partial charge in [0.1, 0.15) is 23.7 Å². The molecule has 0 radical (unpaired) electrons. The quantitative estimate of drug-likeness (QED) is 0.500. The van der Waals surface area contributed by atoms with E-state index in [1.54, 1.807) is 24.3 Å². The average Bonchev–Trinajstić information content (AvgIpc) is 3.09. The third-order valence-electron chi connectivity index (χ3n) is 4.49. The lowest BCUT2D eigenvalue weighted by Crippen LogP contribution is -2.09. The fourth-order valence-corrected chi connectivity index (χ4v) is 3.35. The highest BCUT2D eigenvalue weighted by Gasteiger charge is 2.20. The van der Waals surface area contributed by atoms with Crippen molar-refractivity contribution in [2.24, 2.45) is 0 Å². The Morgan fingerprint density at radius 2 is 1.96 bits per heavy atom. The molecule has 3 aromatic rings. The summed E-state index contributed by atoms with van der Waals surface area (Å²) in [5.74, 6) is 1.13. The molecule has 0 saturated heterocycles. The van der Waals surface area contributed by atoms with E-state index in [4.69, 9.17) is 20.8 Å². The number of aryl methyl sites for hydroxylation is 1. The summed E-state index contributed by atoms with van der Waals surface area (Å²) in [7, 11) is 0. The van der Waals surface area contributed by atoms with Crippen LogP contribution >= 0.6 is 11.6 Å². The highest BCUT2D eigenvalue weighted by molar-refractivity contribution is 6.32. The van der Waals surface area contributed by atoms with Gasteiger partial charge in [0.2, 0.25) is 0 Å². The van der Waals surface area contributed by atoms with Crippen LogP contribution in [0.15, 0.2) is 45.6 Å². The fourth-order valence-electron chi connectivity index (χ4n) is 3.15. The summed E-state index contributed by atoms with van der Waals surface area (Å²) < 4.78 is 11.5. The van der Waals surface area contributed by atoms with Gasteiger partial charge in [0.15, 0.2) is 5.43 Å². The molecule has 7 heteroatoms. The van der Waals surface area contributed by atoms with Crippen LogP contribution in [-0.4, -0.2) is 4.92 Å². The van der Waals surface area contributed by atoms with E-state index in [9.17, 15) is 14.9 Å². The molecule has 132 valence electrons. The third-order valence-corrected chi connectivity index (χ3v) is 4.79. The minimum atomic E-state index is -0.456. The number of hydrogen-bond acceptors (Lipinski definition) is 5. The number of benzene rings is 2. The molecule has 6 nitrogen and oxygen atoms in total. The molecular weight excluding hydrogens is 358 g/mol. The second-order valence-corrected chi connectivity index (χ2v) is 6.58. The second kappa shape index (κ2) is 6.46. The largest absolute Gasteiger partial charge is 0.487 e. The van der Waals surface area contributed by atoms with Crippen molar-refractivity contribution in [2.75, 3.05) is 0 Å². The van der Waals surface area contributed by atoms with Gasteiger partial charge in [-0.2, -0.15) is 0 Å². The van der Waals surface area contributed by atoms with Crippen molar-refractivity contribution in [3.63, 3.8) is 0 Å². The number of nitro groups is 1. The molecule has 0 bridgehead atoms. The fraction of sp³-hybridized carbons (Fsp3) is 0.211. The Labute approximate surface area is 153 Å². The zero-order chi connectivity index (χ0) is 18.3. The number of fused-ring (bicyclic) bond motifs is 2. The Balaban J connectivity index is 1.63. The van der Waals surface area contributed by atoms with Crippen molar-refractivity contribution in [1.82, 2.24) is 0 Å². The Kier molecular flexibility index (Phi) is 4.12. The van der Waals surface area contributed by atoms with Crippen LogP contribution in [-0.2, 0) is 19.4 Å². The standard InChI is InChI=1S/C19H14ClNO5/c20-15-9-17-14(19(22)13-2-1-3-16(13)26-17)8-18(15)25-10-11-4-6-12(7-5-11)21(23)24/h4-9H,1-3,10H2. The van der Waals surface area contributed by atoms with Gasteiger partial charge in [-0.25, -0.2) is 0 Å². The van der Waals surface area contributed by atoms with Crippen molar-refractivity contribution in [3.05, 3.63) is 78.6 Å². The van der Waals surface area contributed by atoms with Crippen molar-refractivity contribution < 1.29 is 14.1 Å². The molecule has 0 N–H and O–H groups in total. The number of rotatable bonds is 4. The van der Waals surface area contributed by atoms with E-state index < -0.39 is 4.92 Å². The summed E-state index contributed by atoms with van der Waals surface area (Å²) in [5.41, 5.74) is 1.94. The number of nitro benzene ring substituents is 1. The summed E-state index contributed by atoms with van der Waals surface area (Å²) in [5, 5.41) is 11.5. The first-order valence-electron chi connectivity index (χ1n) is 8.17. The van der Waals surface area contributed by atoms with Gasteiger partial charge in [0.25, 0.3) is 5.69 Å². The van der Waals surface area contributed by atoms with E-state index in [1.807, 2.05) is 0 Å². The van der Waals surface area contributed by atoms with Gasteiger partial charge in [-0.3, -0.25) is 14.9 Å². The first-order valence-corrected chi connectivity index (χ1v) is 8.55. The third kappa shape index (κ3) is 2.93. The number of ether oxygens (including phenoxy) is 1. The number of nitrogens with zero attached hydrogens (tertiary/aromatic N) is 1. The average molecular weight is 372 g/mol. The molecule has 0 saturated carbocycles. The lowest BCUT2D eigenvalue weighted by Gasteiger charge is -2.10. The summed E-state index contributed by atoms with van der Waals surface area (Å²) >= 11 is 6.26. The van der Waals surface area contributed by atoms with E-state index in [0.29, 0.717) is 21.7 Å².